The number of fused-ring (bicyclic) bond motifs is 1. The van der Waals surface area contributed by atoms with Crippen LogP contribution in [-0.2, 0) is 20.9 Å². The molecule has 0 atom stereocenters. The maximum Gasteiger partial charge on any atom is 0.375 e. The number of hydrogen-bond acceptors (Lipinski definition) is 5. The van der Waals surface area contributed by atoms with E-state index >= 15 is 0 Å². The number of furan rings is 1. The van der Waals surface area contributed by atoms with Gasteiger partial charge in [-0.2, -0.15) is 0 Å². The Morgan fingerprint density at radius 3 is 2.78 bits per heavy atom. The van der Waals surface area contributed by atoms with Crippen molar-refractivity contribution in [2.75, 3.05) is 19.0 Å². The summed E-state index contributed by atoms with van der Waals surface area (Å²) >= 11 is 5.77. The number of para-hydroxylation sites is 1. The summed E-state index contributed by atoms with van der Waals surface area (Å²) in [7, 11) is 1.49. The summed E-state index contributed by atoms with van der Waals surface area (Å²) in [6.07, 6.45) is 0. The number of carbonyl (C=O) groups excluding carboxylic acids is 2. The summed E-state index contributed by atoms with van der Waals surface area (Å²) in [5, 5.41) is 3.27. The van der Waals surface area contributed by atoms with Crippen LogP contribution in [0.3, 0.4) is 0 Å². The first-order valence-electron chi connectivity index (χ1n) is 7.91. The van der Waals surface area contributed by atoms with Crippen LogP contribution in [0.2, 0.25) is 5.02 Å². The third-order valence-electron chi connectivity index (χ3n) is 3.71. The van der Waals surface area contributed by atoms with Crippen molar-refractivity contribution in [2.24, 2.45) is 0 Å². The van der Waals surface area contributed by atoms with E-state index in [1.807, 2.05) is 0 Å². The number of benzene rings is 2. The highest BCUT2D eigenvalue weighted by atomic mass is 35.5. The van der Waals surface area contributed by atoms with Crippen molar-refractivity contribution in [3.8, 4) is 0 Å². The lowest BCUT2D eigenvalue weighted by molar-refractivity contribution is -0.119. The molecule has 0 fully saturated rings. The number of anilines is 1. The average molecular weight is 392 g/mol. The lowest BCUT2D eigenvalue weighted by Crippen LogP contribution is -2.21. The lowest BCUT2D eigenvalue weighted by atomic mass is 10.1. The van der Waals surface area contributed by atoms with Crippen molar-refractivity contribution in [1.82, 2.24) is 0 Å². The van der Waals surface area contributed by atoms with E-state index in [2.05, 4.69) is 5.32 Å². The van der Waals surface area contributed by atoms with E-state index in [9.17, 15) is 14.0 Å². The summed E-state index contributed by atoms with van der Waals surface area (Å²) in [6.45, 7) is -0.477. The van der Waals surface area contributed by atoms with Gasteiger partial charge in [0.25, 0.3) is 5.91 Å². The molecule has 0 saturated carbocycles. The van der Waals surface area contributed by atoms with Crippen LogP contribution in [0.25, 0.3) is 11.0 Å². The van der Waals surface area contributed by atoms with Gasteiger partial charge in [0.2, 0.25) is 5.76 Å². The summed E-state index contributed by atoms with van der Waals surface area (Å²) in [4.78, 5) is 24.3. The Hall–Kier alpha value is -2.90. The zero-order valence-corrected chi connectivity index (χ0v) is 15.0. The van der Waals surface area contributed by atoms with Crippen molar-refractivity contribution in [2.45, 2.75) is 6.61 Å². The zero-order chi connectivity index (χ0) is 19.4. The van der Waals surface area contributed by atoms with Crippen molar-refractivity contribution in [1.29, 1.82) is 0 Å². The van der Waals surface area contributed by atoms with E-state index in [1.54, 1.807) is 24.3 Å². The molecule has 1 heterocycles. The minimum atomic E-state index is -0.819. The first-order chi connectivity index (χ1) is 13.0. The fraction of sp³-hybridized carbons (Fsp3) is 0.158. The summed E-state index contributed by atoms with van der Waals surface area (Å²) < 4.78 is 29.3. The number of amides is 1. The number of methoxy groups -OCH3 is 1. The summed E-state index contributed by atoms with van der Waals surface area (Å²) in [6, 6.07) is 10.8. The number of esters is 1. The van der Waals surface area contributed by atoms with Crippen LogP contribution < -0.4 is 5.32 Å². The van der Waals surface area contributed by atoms with Gasteiger partial charge in [0.15, 0.2) is 6.61 Å². The summed E-state index contributed by atoms with van der Waals surface area (Å²) in [5.41, 5.74) is 0.925. The molecule has 3 rings (SSSR count). The first-order valence-corrected chi connectivity index (χ1v) is 8.28. The summed E-state index contributed by atoms with van der Waals surface area (Å²) in [5.74, 6) is -2.23. The molecule has 1 amide bonds. The first kappa shape index (κ1) is 18.9. The smallest absolute Gasteiger partial charge is 0.375 e. The number of nitrogens with one attached hydrogen (secondary N) is 1. The molecule has 0 radical (unpaired) electrons. The van der Waals surface area contributed by atoms with Crippen LogP contribution in [0.4, 0.5) is 10.1 Å². The molecular weight excluding hydrogens is 377 g/mol. The molecule has 6 nitrogen and oxygen atoms in total. The van der Waals surface area contributed by atoms with Gasteiger partial charge in [0.05, 0.1) is 12.3 Å². The monoisotopic (exact) mass is 391 g/mol. The van der Waals surface area contributed by atoms with Gasteiger partial charge >= 0.3 is 5.97 Å². The minimum Gasteiger partial charge on any atom is -0.450 e. The van der Waals surface area contributed by atoms with Gasteiger partial charge in [-0.05, 0) is 24.3 Å². The van der Waals surface area contributed by atoms with E-state index < -0.39 is 24.3 Å². The largest absolute Gasteiger partial charge is 0.450 e. The molecule has 0 saturated heterocycles. The second-order valence-electron chi connectivity index (χ2n) is 5.59. The second kappa shape index (κ2) is 8.20. The van der Waals surface area contributed by atoms with Crippen LogP contribution in [0.1, 0.15) is 16.1 Å². The molecule has 0 unspecified atom stereocenters. The third-order valence-corrected chi connectivity index (χ3v) is 3.94. The van der Waals surface area contributed by atoms with E-state index in [0.717, 1.165) is 11.5 Å². The van der Waals surface area contributed by atoms with E-state index in [0.29, 0.717) is 11.1 Å². The van der Waals surface area contributed by atoms with Crippen LogP contribution in [0, 0.1) is 5.82 Å². The van der Waals surface area contributed by atoms with Gasteiger partial charge in [-0.1, -0.05) is 29.8 Å². The van der Waals surface area contributed by atoms with Crippen molar-refractivity contribution >= 4 is 40.1 Å². The van der Waals surface area contributed by atoms with Crippen LogP contribution in [0.15, 0.2) is 46.9 Å². The average Bonchev–Trinajstić information content (AvgIpc) is 3.02. The van der Waals surface area contributed by atoms with E-state index in [1.165, 1.54) is 19.2 Å². The zero-order valence-electron chi connectivity index (χ0n) is 14.3. The number of halogens is 2. The van der Waals surface area contributed by atoms with Gasteiger partial charge in [0, 0.05) is 23.1 Å². The highest BCUT2D eigenvalue weighted by Crippen LogP contribution is 2.27. The Bertz CT molecular complexity index is 1000. The van der Waals surface area contributed by atoms with Crippen LogP contribution >= 0.6 is 11.6 Å². The maximum absolute atomic E-state index is 13.6. The Morgan fingerprint density at radius 1 is 1.22 bits per heavy atom. The van der Waals surface area contributed by atoms with Gasteiger partial charge in [-0.3, -0.25) is 4.79 Å². The molecule has 2 aromatic carbocycles. The molecule has 8 heteroatoms. The molecule has 1 aromatic heterocycles. The fourth-order valence-corrected chi connectivity index (χ4v) is 2.70. The predicted octanol–water partition coefficient (Wildman–Crippen LogP) is 4.17. The fourth-order valence-electron chi connectivity index (χ4n) is 2.53. The van der Waals surface area contributed by atoms with Gasteiger partial charge in [0.1, 0.15) is 11.4 Å². The van der Waals surface area contributed by atoms with Crippen molar-refractivity contribution < 1.29 is 27.9 Å². The van der Waals surface area contributed by atoms with E-state index in [-0.39, 0.29) is 23.1 Å². The number of hydrogen-bond donors (Lipinski definition) is 1. The molecule has 0 bridgehead atoms. The molecule has 1 N–H and O–H groups in total. The standard InChI is InChI=1S/C19H15ClFNO5/c1-25-9-13-12-4-2-3-5-16(12)27-18(13)19(24)26-10-17(23)22-15-8-11(20)6-7-14(15)21/h2-8H,9-10H2,1H3,(H,22,23). The molecule has 0 spiro atoms. The predicted molar refractivity (Wildman–Crippen MR) is 97.2 cm³/mol. The molecular formula is C19H15ClFNO5. The van der Waals surface area contributed by atoms with Gasteiger partial charge < -0.3 is 19.2 Å². The number of carbonyl (C=O) groups is 2. The Labute approximate surface area is 158 Å². The van der Waals surface area contributed by atoms with Gasteiger partial charge in [-0.25, -0.2) is 9.18 Å². The molecule has 0 aliphatic rings. The topological polar surface area (TPSA) is 77.8 Å². The molecule has 0 aliphatic carbocycles. The molecule has 0 aliphatic heterocycles. The quantitative estimate of drug-likeness (QED) is 0.638. The number of rotatable bonds is 6. The molecule has 140 valence electrons. The highest BCUT2D eigenvalue weighted by Gasteiger charge is 2.22. The van der Waals surface area contributed by atoms with Crippen LogP contribution in [0.5, 0.6) is 0 Å². The van der Waals surface area contributed by atoms with E-state index in [4.69, 9.17) is 25.5 Å². The van der Waals surface area contributed by atoms with Crippen molar-refractivity contribution in [3.63, 3.8) is 0 Å². The maximum atomic E-state index is 13.6. The second-order valence-corrected chi connectivity index (χ2v) is 6.02. The third kappa shape index (κ3) is 4.27. The highest BCUT2D eigenvalue weighted by molar-refractivity contribution is 6.30. The Kier molecular flexibility index (Phi) is 5.73. The molecule has 27 heavy (non-hydrogen) atoms. The van der Waals surface area contributed by atoms with Crippen LogP contribution in [-0.4, -0.2) is 25.6 Å². The minimum absolute atomic E-state index is 0.0419. The molecule has 3 aromatic rings. The number of ether oxygens (including phenoxy) is 2. The van der Waals surface area contributed by atoms with Gasteiger partial charge in [-0.15, -0.1) is 0 Å². The normalized spacial score (nSPS) is 10.8. The SMILES string of the molecule is COCc1c(C(=O)OCC(=O)Nc2cc(Cl)ccc2F)oc2ccccc12. The Balaban J connectivity index is 1.70. The lowest BCUT2D eigenvalue weighted by Gasteiger charge is -2.07. The Morgan fingerprint density at radius 2 is 2.00 bits per heavy atom. The van der Waals surface area contributed by atoms with Crippen molar-refractivity contribution in [3.05, 3.63) is 64.6 Å².